The third-order valence-electron chi connectivity index (χ3n) is 4.01. The molecule has 1 aromatic heterocycles. The number of Topliss-reactive ketones (excluding diaryl/α,β-unsaturated/α-hetero) is 1. The molecule has 0 aliphatic carbocycles. The molecule has 0 saturated heterocycles. The van der Waals surface area contributed by atoms with Gasteiger partial charge in [-0.25, -0.2) is 9.97 Å². The number of anilines is 1. The van der Waals surface area contributed by atoms with Crippen LogP contribution in [0.2, 0.25) is 0 Å². The van der Waals surface area contributed by atoms with E-state index in [0.717, 1.165) is 11.3 Å². The Hall–Kier alpha value is -3.02. The van der Waals surface area contributed by atoms with Crippen molar-refractivity contribution in [2.75, 3.05) is 19.1 Å². The largest absolute Gasteiger partial charge is 0.497 e. The smallest absolute Gasteiger partial charge is 0.185 e. The highest BCUT2D eigenvalue weighted by molar-refractivity contribution is 6.16. The summed E-state index contributed by atoms with van der Waals surface area (Å²) < 4.78 is 5.10. The third kappa shape index (κ3) is 3.03. The number of hydrogen-bond acceptors (Lipinski definition) is 6. The zero-order valence-corrected chi connectivity index (χ0v) is 13.5. The number of likely N-dealkylation sites (N-methyl/N-ethyl adjacent to an activating group) is 1. The van der Waals surface area contributed by atoms with Crippen LogP contribution >= 0.6 is 0 Å². The normalized spacial score (nSPS) is 17.0. The van der Waals surface area contributed by atoms with Gasteiger partial charge in [0.05, 0.1) is 31.1 Å². The molecule has 0 spiro atoms. The number of hydrogen-bond donors (Lipinski definition) is 0. The number of aromatic nitrogens is 2. The average Bonchev–Trinajstić information content (AvgIpc) is 2.60. The molecule has 6 heteroatoms. The van der Waals surface area contributed by atoms with Crippen LogP contribution in [0.1, 0.15) is 11.3 Å². The Bertz CT molecular complexity index is 799. The summed E-state index contributed by atoms with van der Waals surface area (Å²) >= 11 is 0. The van der Waals surface area contributed by atoms with Gasteiger partial charge in [0, 0.05) is 7.05 Å². The molecule has 1 unspecified atom stereocenters. The highest BCUT2D eigenvalue weighted by Crippen LogP contribution is 2.25. The number of benzene rings is 1. The molecule has 0 radical (unpaired) electrons. The van der Waals surface area contributed by atoms with Crippen molar-refractivity contribution in [3.63, 3.8) is 0 Å². The van der Waals surface area contributed by atoms with Crippen molar-refractivity contribution in [3.8, 4) is 5.75 Å². The van der Waals surface area contributed by atoms with Gasteiger partial charge in [-0.15, -0.1) is 0 Å². The Morgan fingerprint density at radius 3 is 2.79 bits per heavy atom. The lowest BCUT2D eigenvalue weighted by Gasteiger charge is -2.32. The fourth-order valence-corrected chi connectivity index (χ4v) is 2.73. The summed E-state index contributed by atoms with van der Waals surface area (Å²) in [6, 6.07) is 6.49. The summed E-state index contributed by atoms with van der Waals surface area (Å²) in [5, 5.41) is 0. The lowest BCUT2D eigenvalue weighted by Crippen LogP contribution is -2.48. The van der Waals surface area contributed by atoms with Gasteiger partial charge >= 0.3 is 0 Å². The Kier molecular flexibility index (Phi) is 4.37. The lowest BCUT2D eigenvalue weighted by atomic mass is 9.96. The van der Waals surface area contributed by atoms with Gasteiger partial charge in [-0.05, 0) is 23.8 Å². The lowest BCUT2D eigenvalue weighted by molar-refractivity contribution is -0.126. The topological polar surface area (TPSA) is 72.4 Å². The van der Waals surface area contributed by atoms with Crippen LogP contribution in [0.25, 0.3) is 6.08 Å². The molecule has 1 aliphatic heterocycles. The minimum Gasteiger partial charge on any atom is -0.497 e. The van der Waals surface area contributed by atoms with Crippen molar-refractivity contribution < 1.29 is 14.3 Å². The summed E-state index contributed by atoms with van der Waals surface area (Å²) in [6.07, 6.45) is 6.32. The van der Waals surface area contributed by atoms with Crippen LogP contribution in [-0.2, 0) is 16.0 Å². The molecule has 0 bridgehead atoms. The third-order valence-corrected chi connectivity index (χ3v) is 4.01. The van der Waals surface area contributed by atoms with E-state index in [0.29, 0.717) is 11.4 Å². The Morgan fingerprint density at radius 1 is 1.33 bits per heavy atom. The van der Waals surface area contributed by atoms with E-state index < -0.39 is 6.04 Å². The van der Waals surface area contributed by atoms with Crippen molar-refractivity contribution in [2.45, 2.75) is 12.5 Å². The second-order valence-corrected chi connectivity index (χ2v) is 5.52. The van der Waals surface area contributed by atoms with Gasteiger partial charge < -0.3 is 9.64 Å². The SMILES string of the molecule is COc1ccc(/C=C/C(=O)C2C(=O)Cc3ncncc3N2C)cc1. The molecule has 0 fully saturated rings. The molecule has 1 aliphatic rings. The van der Waals surface area contributed by atoms with E-state index in [9.17, 15) is 9.59 Å². The molecule has 122 valence electrons. The van der Waals surface area contributed by atoms with Crippen molar-refractivity contribution in [1.29, 1.82) is 0 Å². The average molecular weight is 323 g/mol. The first-order valence-corrected chi connectivity index (χ1v) is 7.50. The number of ether oxygens (including phenoxy) is 1. The predicted molar refractivity (Wildman–Crippen MR) is 90.0 cm³/mol. The van der Waals surface area contributed by atoms with Crippen LogP contribution in [0.3, 0.4) is 0 Å². The predicted octanol–water partition coefficient (Wildman–Crippen LogP) is 1.70. The summed E-state index contributed by atoms with van der Waals surface area (Å²) in [6.45, 7) is 0. The molecule has 3 rings (SSSR count). The molecule has 1 aromatic carbocycles. The fraction of sp³-hybridized carbons (Fsp3) is 0.222. The van der Waals surface area contributed by atoms with E-state index in [1.165, 1.54) is 12.4 Å². The molecule has 0 amide bonds. The highest BCUT2D eigenvalue weighted by atomic mass is 16.5. The number of rotatable bonds is 4. The second kappa shape index (κ2) is 6.62. The molecule has 6 nitrogen and oxygen atoms in total. The second-order valence-electron chi connectivity index (χ2n) is 5.52. The summed E-state index contributed by atoms with van der Waals surface area (Å²) in [5.74, 6) is 0.332. The number of carbonyl (C=O) groups excluding carboxylic acids is 2. The van der Waals surface area contributed by atoms with Gasteiger partial charge in [0.15, 0.2) is 17.6 Å². The van der Waals surface area contributed by atoms with Gasteiger partial charge in [-0.3, -0.25) is 9.59 Å². The molecule has 2 heterocycles. The van der Waals surface area contributed by atoms with Gasteiger partial charge in [-0.1, -0.05) is 18.2 Å². The van der Waals surface area contributed by atoms with Gasteiger partial charge in [0.25, 0.3) is 0 Å². The van der Waals surface area contributed by atoms with Crippen LogP contribution in [0, 0.1) is 0 Å². The van der Waals surface area contributed by atoms with Gasteiger partial charge in [0.2, 0.25) is 0 Å². The molecular formula is C18H17N3O3. The summed E-state index contributed by atoms with van der Waals surface area (Å²) in [5.41, 5.74) is 2.23. The van der Waals surface area contributed by atoms with E-state index in [1.54, 1.807) is 31.3 Å². The number of methoxy groups -OCH3 is 1. The maximum absolute atomic E-state index is 12.5. The first kappa shape index (κ1) is 15.9. The zero-order chi connectivity index (χ0) is 17.1. The van der Waals surface area contributed by atoms with Crippen LogP contribution in [0.5, 0.6) is 5.75 Å². The molecular weight excluding hydrogens is 306 g/mol. The van der Waals surface area contributed by atoms with E-state index in [1.807, 2.05) is 24.3 Å². The summed E-state index contributed by atoms with van der Waals surface area (Å²) in [7, 11) is 3.31. The monoisotopic (exact) mass is 323 g/mol. The molecule has 0 N–H and O–H groups in total. The summed E-state index contributed by atoms with van der Waals surface area (Å²) in [4.78, 5) is 34.6. The number of carbonyl (C=O) groups is 2. The standard InChI is InChI=1S/C18H17N3O3/c1-21-15-10-19-11-20-14(15)9-17(23)18(21)16(22)8-5-12-3-6-13(24-2)7-4-12/h3-8,10-11,18H,9H2,1-2H3/b8-5+. The minimum absolute atomic E-state index is 0.148. The Morgan fingerprint density at radius 2 is 2.08 bits per heavy atom. The van der Waals surface area contributed by atoms with Crippen molar-refractivity contribution in [2.24, 2.45) is 0 Å². The highest BCUT2D eigenvalue weighted by Gasteiger charge is 2.35. The van der Waals surface area contributed by atoms with Crippen molar-refractivity contribution in [1.82, 2.24) is 9.97 Å². The molecule has 1 atom stereocenters. The first-order valence-electron chi connectivity index (χ1n) is 7.50. The first-order chi connectivity index (χ1) is 11.6. The number of nitrogens with zero attached hydrogens (tertiary/aromatic N) is 3. The Balaban J connectivity index is 1.79. The Labute approximate surface area is 139 Å². The van der Waals surface area contributed by atoms with E-state index in [4.69, 9.17) is 4.74 Å². The molecule has 2 aromatic rings. The van der Waals surface area contributed by atoms with Gasteiger partial charge in [-0.2, -0.15) is 0 Å². The van der Waals surface area contributed by atoms with Crippen molar-refractivity contribution in [3.05, 3.63) is 54.1 Å². The molecule has 24 heavy (non-hydrogen) atoms. The van der Waals surface area contributed by atoms with Crippen LogP contribution < -0.4 is 9.64 Å². The number of fused-ring (bicyclic) bond motifs is 1. The maximum atomic E-state index is 12.5. The number of ketones is 2. The maximum Gasteiger partial charge on any atom is 0.185 e. The minimum atomic E-state index is -0.835. The van der Waals surface area contributed by atoms with E-state index >= 15 is 0 Å². The fourth-order valence-electron chi connectivity index (χ4n) is 2.73. The van der Waals surface area contributed by atoms with Gasteiger partial charge in [0.1, 0.15) is 12.1 Å². The molecule has 0 saturated carbocycles. The van der Waals surface area contributed by atoms with Crippen molar-refractivity contribution >= 4 is 23.3 Å². The zero-order valence-electron chi connectivity index (χ0n) is 13.5. The van der Waals surface area contributed by atoms with E-state index in [-0.39, 0.29) is 18.0 Å². The van der Waals surface area contributed by atoms with Crippen LogP contribution in [0.15, 0.2) is 42.9 Å². The van der Waals surface area contributed by atoms with Crippen LogP contribution in [-0.4, -0.2) is 41.7 Å². The quantitative estimate of drug-likeness (QED) is 0.630. The van der Waals surface area contributed by atoms with E-state index in [2.05, 4.69) is 9.97 Å². The van der Waals surface area contributed by atoms with Crippen LogP contribution in [0.4, 0.5) is 5.69 Å².